The van der Waals surface area contributed by atoms with Gasteiger partial charge in [0.05, 0.1) is 0 Å². The van der Waals surface area contributed by atoms with Crippen molar-refractivity contribution in [2.75, 3.05) is 26.2 Å². The maximum atomic E-state index is 11.0. The van der Waals surface area contributed by atoms with Gasteiger partial charge in [0.1, 0.15) is 5.78 Å². The standard InChI is InChI=1S/C14H19N.C12H15NO.C4H7ClO2.2C2H6/c1-2-13-8-10-15(11-9-13)12-14-6-4-3-5-7-14;14-12-6-8-13(9-7-12)10-11-4-2-1-3-5-11;1-3(5)7-4(2)6;2*1-2/h3-8H,2,9-12H2,1H3;1-5H,6-10H2;3H,1-2H3;2*1-2H3. The van der Waals surface area contributed by atoms with Crippen LogP contribution in [0.2, 0.25) is 0 Å². The highest BCUT2D eigenvalue weighted by molar-refractivity contribution is 6.19. The Morgan fingerprint density at radius 3 is 1.62 bits per heavy atom. The van der Waals surface area contributed by atoms with E-state index in [2.05, 4.69) is 82.1 Å². The first-order valence-electron chi connectivity index (χ1n) is 14.9. The number of nitrogens with zero attached hydrogens (tertiary/aromatic N) is 2. The number of hydrogen-bond acceptors (Lipinski definition) is 5. The summed E-state index contributed by atoms with van der Waals surface area (Å²) in [4.78, 5) is 25.8. The Kier molecular flexibility index (Phi) is 22.8. The number of esters is 1. The number of benzene rings is 2. The van der Waals surface area contributed by atoms with Gasteiger partial charge in [-0.15, -0.1) is 0 Å². The average molecular weight is 573 g/mol. The highest BCUT2D eigenvalue weighted by atomic mass is 35.5. The minimum absolute atomic E-state index is 0.345. The predicted octanol–water partition coefficient (Wildman–Crippen LogP) is 8.27. The summed E-state index contributed by atoms with van der Waals surface area (Å²) in [6.07, 6.45) is 6.33. The third-order valence-electron chi connectivity index (χ3n) is 6.08. The number of halogens is 1. The lowest BCUT2D eigenvalue weighted by Gasteiger charge is -2.25. The third kappa shape index (κ3) is 18.8. The van der Waals surface area contributed by atoms with E-state index in [4.69, 9.17) is 11.6 Å². The summed E-state index contributed by atoms with van der Waals surface area (Å²) in [6.45, 7) is 19.4. The number of carbonyl (C=O) groups is 2. The highest BCUT2D eigenvalue weighted by Gasteiger charge is 2.15. The molecule has 0 amide bonds. The van der Waals surface area contributed by atoms with Crippen molar-refractivity contribution in [2.24, 2.45) is 0 Å². The molecule has 0 bridgehead atoms. The van der Waals surface area contributed by atoms with Crippen molar-refractivity contribution in [3.8, 4) is 0 Å². The van der Waals surface area contributed by atoms with Crippen LogP contribution in [-0.2, 0) is 27.4 Å². The van der Waals surface area contributed by atoms with Crippen molar-refractivity contribution in [3.05, 3.63) is 83.4 Å². The number of alkyl halides is 1. The number of hydrogen-bond donors (Lipinski definition) is 0. The molecule has 0 spiro atoms. The zero-order chi connectivity index (χ0) is 30.2. The van der Waals surface area contributed by atoms with E-state index in [1.807, 2.05) is 33.8 Å². The second kappa shape index (κ2) is 24.3. The maximum absolute atomic E-state index is 11.0. The molecule has 1 atom stereocenters. The van der Waals surface area contributed by atoms with E-state index in [1.54, 1.807) is 12.5 Å². The van der Waals surface area contributed by atoms with E-state index in [-0.39, 0.29) is 5.97 Å². The molecule has 0 aliphatic carbocycles. The van der Waals surface area contributed by atoms with Crippen LogP contribution in [0.5, 0.6) is 0 Å². The van der Waals surface area contributed by atoms with Crippen molar-refractivity contribution < 1.29 is 14.3 Å². The van der Waals surface area contributed by atoms with Crippen LogP contribution in [0.25, 0.3) is 0 Å². The van der Waals surface area contributed by atoms with E-state index in [1.165, 1.54) is 37.4 Å². The fraction of sp³-hybridized carbons (Fsp3) is 0.529. The van der Waals surface area contributed by atoms with Crippen LogP contribution in [0.3, 0.4) is 0 Å². The van der Waals surface area contributed by atoms with Gasteiger partial charge in [0, 0.05) is 59.0 Å². The molecule has 1 fully saturated rings. The first-order chi connectivity index (χ1) is 19.4. The molecule has 2 aliphatic rings. The zero-order valence-corrected chi connectivity index (χ0v) is 26.8. The Morgan fingerprint density at radius 1 is 0.825 bits per heavy atom. The first kappa shape index (κ1) is 37.5. The summed E-state index contributed by atoms with van der Waals surface area (Å²) in [5, 5.41) is 0. The molecule has 0 aromatic heterocycles. The summed E-state index contributed by atoms with van der Waals surface area (Å²) in [5.41, 5.74) is 3.88. The van der Waals surface area contributed by atoms with Gasteiger partial charge in [-0.3, -0.25) is 19.4 Å². The maximum Gasteiger partial charge on any atom is 0.304 e. The normalized spacial score (nSPS) is 15.6. The average Bonchev–Trinajstić information content (AvgIpc) is 2.98. The summed E-state index contributed by atoms with van der Waals surface area (Å²) in [5.74, 6) is 0.0665. The highest BCUT2D eigenvalue weighted by Crippen LogP contribution is 2.15. The summed E-state index contributed by atoms with van der Waals surface area (Å²) < 4.78 is 4.38. The van der Waals surface area contributed by atoms with Gasteiger partial charge in [0.25, 0.3) is 0 Å². The second-order valence-electron chi connectivity index (χ2n) is 9.14. The smallest absolute Gasteiger partial charge is 0.304 e. The fourth-order valence-electron chi connectivity index (χ4n) is 4.09. The minimum atomic E-state index is -0.502. The van der Waals surface area contributed by atoms with E-state index >= 15 is 0 Å². The molecule has 1 unspecified atom stereocenters. The number of rotatable bonds is 6. The molecule has 2 aromatic carbocycles. The van der Waals surface area contributed by atoms with Crippen LogP contribution in [0.4, 0.5) is 0 Å². The molecule has 40 heavy (non-hydrogen) atoms. The van der Waals surface area contributed by atoms with Crippen LogP contribution in [0, 0.1) is 0 Å². The number of ketones is 1. The molecule has 5 nitrogen and oxygen atoms in total. The predicted molar refractivity (Wildman–Crippen MR) is 170 cm³/mol. The van der Waals surface area contributed by atoms with Gasteiger partial charge in [-0.1, -0.05) is 119 Å². The van der Waals surface area contributed by atoms with Crippen molar-refractivity contribution >= 4 is 23.4 Å². The lowest BCUT2D eigenvalue weighted by molar-refractivity contribution is -0.142. The van der Waals surface area contributed by atoms with Crippen LogP contribution in [0.1, 0.15) is 85.3 Å². The van der Waals surface area contributed by atoms with E-state index in [9.17, 15) is 9.59 Å². The number of piperidine rings is 1. The van der Waals surface area contributed by atoms with Crippen LogP contribution >= 0.6 is 11.6 Å². The van der Waals surface area contributed by atoms with Crippen molar-refractivity contribution in [2.45, 2.75) is 92.8 Å². The number of ether oxygens (including phenoxy) is 1. The molecule has 0 radical (unpaired) electrons. The molecular formula is C34H53ClN2O3. The molecule has 2 aliphatic heterocycles. The number of carbonyl (C=O) groups excluding carboxylic acids is 2. The van der Waals surface area contributed by atoms with Gasteiger partial charge in [-0.05, 0) is 30.9 Å². The lowest BCUT2D eigenvalue weighted by Crippen LogP contribution is -2.33. The Labute approximate surface area is 249 Å². The third-order valence-corrected chi connectivity index (χ3v) is 6.17. The number of likely N-dealkylation sites (tertiary alicyclic amines) is 1. The summed E-state index contributed by atoms with van der Waals surface area (Å²) in [7, 11) is 0. The minimum Gasteiger partial charge on any atom is -0.446 e. The Morgan fingerprint density at radius 2 is 1.27 bits per heavy atom. The largest absolute Gasteiger partial charge is 0.446 e. The van der Waals surface area contributed by atoms with Crippen molar-refractivity contribution in [3.63, 3.8) is 0 Å². The van der Waals surface area contributed by atoms with Gasteiger partial charge < -0.3 is 4.74 Å². The molecule has 1 saturated heterocycles. The second-order valence-corrected chi connectivity index (χ2v) is 9.75. The van der Waals surface area contributed by atoms with Gasteiger partial charge >= 0.3 is 5.97 Å². The molecule has 224 valence electrons. The molecule has 6 heteroatoms. The van der Waals surface area contributed by atoms with Gasteiger partial charge in [-0.25, -0.2) is 0 Å². The van der Waals surface area contributed by atoms with Crippen molar-refractivity contribution in [1.82, 2.24) is 9.80 Å². The molecule has 4 rings (SSSR count). The van der Waals surface area contributed by atoms with E-state index in [0.717, 1.165) is 45.6 Å². The van der Waals surface area contributed by atoms with Gasteiger partial charge in [0.15, 0.2) is 5.56 Å². The number of Topliss-reactive ketones (excluding diaryl/α,β-unsaturated/α-hetero) is 1. The molecule has 2 heterocycles. The van der Waals surface area contributed by atoms with Gasteiger partial charge in [0.2, 0.25) is 0 Å². The summed E-state index contributed by atoms with van der Waals surface area (Å²) in [6, 6.07) is 21.1. The summed E-state index contributed by atoms with van der Waals surface area (Å²) >= 11 is 5.23. The van der Waals surface area contributed by atoms with Gasteiger partial charge in [-0.2, -0.15) is 0 Å². The molecule has 0 saturated carbocycles. The van der Waals surface area contributed by atoms with E-state index in [0.29, 0.717) is 5.78 Å². The van der Waals surface area contributed by atoms with E-state index < -0.39 is 5.56 Å². The SMILES string of the molecule is CC.CC.CC(=O)OC(C)Cl.CCC1=CCN(Cc2ccccc2)CC1.O=C1CCN(Cc2ccccc2)CC1. The van der Waals surface area contributed by atoms with Crippen molar-refractivity contribution in [1.29, 1.82) is 0 Å². The van der Waals surface area contributed by atoms with Crippen LogP contribution in [-0.4, -0.2) is 53.3 Å². The molecule has 2 aromatic rings. The molecule has 0 N–H and O–H groups in total. The topological polar surface area (TPSA) is 49.9 Å². The monoisotopic (exact) mass is 572 g/mol. The van der Waals surface area contributed by atoms with Crippen LogP contribution < -0.4 is 0 Å². The molecular weight excluding hydrogens is 520 g/mol. The quantitative estimate of drug-likeness (QED) is 0.198. The Hall–Kier alpha value is -2.47. The Bertz CT molecular complexity index is 923. The fourth-order valence-corrected chi connectivity index (χ4v) is 4.22. The van der Waals surface area contributed by atoms with Crippen LogP contribution in [0.15, 0.2) is 72.3 Å². The lowest BCUT2D eigenvalue weighted by atomic mass is 10.1. The zero-order valence-electron chi connectivity index (χ0n) is 26.0. The first-order valence-corrected chi connectivity index (χ1v) is 15.3. The Balaban J connectivity index is 0.000000566.